The van der Waals surface area contributed by atoms with Gasteiger partial charge in [-0.25, -0.2) is 0 Å². The number of aliphatic hydroxyl groups excluding tert-OH is 2. The van der Waals surface area contributed by atoms with Crippen molar-refractivity contribution in [3.8, 4) is 0 Å². The van der Waals surface area contributed by atoms with Crippen molar-refractivity contribution >= 4 is 0 Å². The molecule has 0 aromatic heterocycles. The normalized spacial score (nSPS) is 46.3. The minimum absolute atomic E-state index is 0.0460. The van der Waals surface area contributed by atoms with Crippen LogP contribution < -0.4 is 0 Å². The van der Waals surface area contributed by atoms with Crippen molar-refractivity contribution in [2.75, 3.05) is 7.11 Å². The lowest BCUT2D eigenvalue weighted by molar-refractivity contribution is -0.295. The van der Waals surface area contributed by atoms with Crippen LogP contribution in [0.25, 0.3) is 0 Å². The Labute approximate surface area is 83.3 Å². The Balaban J connectivity index is 2.75. The lowest BCUT2D eigenvalue weighted by Crippen LogP contribution is -2.60. The highest BCUT2D eigenvalue weighted by atomic mass is 16.7. The van der Waals surface area contributed by atoms with Gasteiger partial charge in [0.2, 0.25) is 0 Å². The molecule has 0 aliphatic carbocycles. The summed E-state index contributed by atoms with van der Waals surface area (Å²) in [5.41, 5.74) is -1.41. The standard InChI is InChI=1S/C9H18O5/c1-5(10)9(12)4-7(11)8(13-3)14-6(9)2/h5-8,10-12H,4H2,1-3H3/t5-,6-,7-,8+,9+/m1/s1. The smallest absolute Gasteiger partial charge is 0.183 e. The molecule has 0 aromatic rings. The molecule has 84 valence electrons. The largest absolute Gasteiger partial charge is 0.390 e. The quantitative estimate of drug-likeness (QED) is 0.553. The van der Waals surface area contributed by atoms with Crippen LogP contribution in [0.15, 0.2) is 0 Å². The van der Waals surface area contributed by atoms with Gasteiger partial charge in [-0.3, -0.25) is 0 Å². The Morgan fingerprint density at radius 2 is 2.14 bits per heavy atom. The fraction of sp³-hybridized carbons (Fsp3) is 1.00. The molecule has 0 bridgehead atoms. The summed E-state index contributed by atoms with van der Waals surface area (Å²) in [7, 11) is 1.42. The Hall–Kier alpha value is -0.200. The summed E-state index contributed by atoms with van der Waals surface area (Å²) in [5, 5.41) is 29.0. The Morgan fingerprint density at radius 3 is 2.57 bits per heavy atom. The monoisotopic (exact) mass is 206 g/mol. The second-order valence-corrected chi connectivity index (χ2v) is 3.82. The molecule has 0 unspecified atom stereocenters. The maximum Gasteiger partial charge on any atom is 0.183 e. The highest BCUT2D eigenvalue weighted by Crippen LogP contribution is 2.32. The number of hydrogen-bond acceptors (Lipinski definition) is 5. The first kappa shape index (κ1) is 11.9. The molecule has 1 aliphatic rings. The zero-order valence-corrected chi connectivity index (χ0v) is 8.67. The van der Waals surface area contributed by atoms with Gasteiger partial charge < -0.3 is 24.8 Å². The predicted octanol–water partition coefficient (Wildman–Crippen LogP) is -0.760. The molecule has 1 saturated heterocycles. The molecular formula is C9H18O5. The summed E-state index contributed by atoms with van der Waals surface area (Å²) in [6, 6.07) is 0. The van der Waals surface area contributed by atoms with E-state index in [2.05, 4.69) is 0 Å². The molecule has 1 aliphatic heterocycles. The van der Waals surface area contributed by atoms with Gasteiger partial charge in [-0.15, -0.1) is 0 Å². The summed E-state index contributed by atoms with van der Waals surface area (Å²) in [6.45, 7) is 3.12. The van der Waals surface area contributed by atoms with E-state index in [0.717, 1.165) is 0 Å². The van der Waals surface area contributed by atoms with Gasteiger partial charge in [0.15, 0.2) is 6.29 Å². The zero-order valence-electron chi connectivity index (χ0n) is 8.67. The third kappa shape index (κ3) is 1.92. The number of ether oxygens (including phenoxy) is 2. The molecule has 5 heteroatoms. The molecule has 0 spiro atoms. The number of rotatable bonds is 2. The zero-order chi connectivity index (χ0) is 10.9. The summed E-state index contributed by atoms with van der Waals surface area (Å²) in [4.78, 5) is 0. The average Bonchev–Trinajstić information content (AvgIpc) is 2.11. The Bertz CT molecular complexity index is 196. The fourth-order valence-corrected chi connectivity index (χ4v) is 1.73. The lowest BCUT2D eigenvalue weighted by Gasteiger charge is -2.44. The Kier molecular flexibility index (Phi) is 3.49. The van der Waals surface area contributed by atoms with Crippen molar-refractivity contribution in [1.82, 2.24) is 0 Å². The summed E-state index contributed by atoms with van der Waals surface area (Å²) in [5.74, 6) is 0. The molecule has 0 saturated carbocycles. The predicted molar refractivity (Wildman–Crippen MR) is 48.6 cm³/mol. The SMILES string of the molecule is CO[C@H]1O[C@H](C)[C@@](O)([C@@H](C)O)C[C@H]1O. The van der Waals surface area contributed by atoms with Crippen LogP contribution in [0.4, 0.5) is 0 Å². The maximum absolute atomic E-state index is 10.0. The van der Waals surface area contributed by atoms with Gasteiger partial charge in [0.05, 0.1) is 12.2 Å². The van der Waals surface area contributed by atoms with E-state index in [1.165, 1.54) is 14.0 Å². The highest BCUT2D eigenvalue weighted by Gasteiger charge is 2.48. The van der Waals surface area contributed by atoms with E-state index in [1.807, 2.05) is 0 Å². The maximum atomic E-state index is 10.0. The highest BCUT2D eigenvalue weighted by molar-refractivity contribution is 4.96. The molecule has 1 rings (SSSR count). The topological polar surface area (TPSA) is 79.2 Å². The number of hydrogen-bond donors (Lipinski definition) is 3. The lowest BCUT2D eigenvalue weighted by atomic mass is 9.83. The van der Waals surface area contributed by atoms with Crippen LogP contribution >= 0.6 is 0 Å². The van der Waals surface area contributed by atoms with Gasteiger partial charge in [-0.1, -0.05) is 0 Å². The van der Waals surface area contributed by atoms with Crippen molar-refractivity contribution in [3.05, 3.63) is 0 Å². The van der Waals surface area contributed by atoms with E-state index in [0.29, 0.717) is 0 Å². The second kappa shape index (κ2) is 4.12. The van der Waals surface area contributed by atoms with Gasteiger partial charge in [0, 0.05) is 13.5 Å². The van der Waals surface area contributed by atoms with Gasteiger partial charge in [-0.05, 0) is 13.8 Å². The molecular weight excluding hydrogens is 188 g/mol. The molecule has 5 atom stereocenters. The molecule has 1 heterocycles. The summed E-state index contributed by atoms with van der Waals surface area (Å²) in [6.07, 6.45) is -3.13. The first-order chi connectivity index (χ1) is 6.41. The van der Waals surface area contributed by atoms with Gasteiger partial charge >= 0.3 is 0 Å². The van der Waals surface area contributed by atoms with Crippen molar-refractivity contribution in [2.45, 2.75) is 50.5 Å². The van der Waals surface area contributed by atoms with Gasteiger partial charge in [-0.2, -0.15) is 0 Å². The van der Waals surface area contributed by atoms with E-state index in [-0.39, 0.29) is 6.42 Å². The van der Waals surface area contributed by atoms with Crippen LogP contribution in [0, 0.1) is 0 Å². The third-order valence-electron chi connectivity index (χ3n) is 2.85. The van der Waals surface area contributed by atoms with Crippen LogP contribution in [0.5, 0.6) is 0 Å². The van der Waals surface area contributed by atoms with Crippen molar-refractivity contribution in [1.29, 1.82) is 0 Å². The minimum atomic E-state index is -1.41. The van der Waals surface area contributed by atoms with E-state index in [1.54, 1.807) is 6.92 Å². The molecule has 14 heavy (non-hydrogen) atoms. The molecule has 5 nitrogen and oxygen atoms in total. The summed E-state index contributed by atoms with van der Waals surface area (Å²) < 4.78 is 10.1. The van der Waals surface area contributed by atoms with E-state index >= 15 is 0 Å². The Morgan fingerprint density at radius 1 is 1.57 bits per heavy atom. The molecule has 3 N–H and O–H groups in total. The van der Waals surface area contributed by atoms with Crippen molar-refractivity contribution < 1.29 is 24.8 Å². The van der Waals surface area contributed by atoms with Gasteiger partial charge in [0.25, 0.3) is 0 Å². The second-order valence-electron chi connectivity index (χ2n) is 3.82. The van der Waals surface area contributed by atoms with Crippen LogP contribution in [0.1, 0.15) is 20.3 Å². The van der Waals surface area contributed by atoms with E-state index in [4.69, 9.17) is 9.47 Å². The van der Waals surface area contributed by atoms with Gasteiger partial charge in [0.1, 0.15) is 11.7 Å². The van der Waals surface area contributed by atoms with Crippen molar-refractivity contribution in [2.24, 2.45) is 0 Å². The number of methoxy groups -OCH3 is 1. The van der Waals surface area contributed by atoms with E-state index < -0.39 is 30.2 Å². The molecule has 0 aromatic carbocycles. The van der Waals surface area contributed by atoms with Crippen LogP contribution in [0.2, 0.25) is 0 Å². The van der Waals surface area contributed by atoms with Crippen LogP contribution in [-0.4, -0.2) is 52.6 Å². The van der Waals surface area contributed by atoms with Crippen molar-refractivity contribution in [3.63, 3.8) is 0 Å². The first-order valence-electron chi connectivity index (χ1n) is 4.68. The van der Waals surface area contributed by atoms with Crippen LogP contribution in [0.3, 0.4) is 0 Å². The fourth-order valence-electron chi connectivity index (χ4n) is 1.73. The minimum Gasteiger partial charge on any atom is -0.390 e. The van der Waals surface area contributed by atoms with Crippen LogP contribution in [-0.2, 0) is 9.47 Å². The average molecular weight is 206 g/mol. The molecule has 0 radical (unpaired) electrons. The first-order valence-corrected chi connectivity index (χ1v) is 4.68. The summed E-state index contributed by atoms with van der Waals surface area (Å²) >= 11 is 0. The molecule has 1 fully saturated rings. The third-order valence-corrected chi connectivity index (χ3v) is 2.85. The number of aliphatic hydroxyl groups is 3. The van der Waals surface area contributed by atoms with E-state index in [9.17, 15) is 15.3 Å². The molecule has 0 amide bonds.